The zero-order chi connectivity index (χ0) is 10.3. The van der Waals surface area contributed by atoms with Crippen molar-refractivity contribution in [2.45, 2.75) is 27.2 Å². The minimum Gasteiger partial charge on any atom is -0.466 e. The predicted octanol–water partition coefficient (Wildman–Crippen LogP) is 1.48. The van der Waals surface area contributed by atoms with E-state index in [1.54, 1.807) is 6.92 Å². The van der Waals surface area contributed by atoms with Gasteiger partial charge in [0.15, 0.2) is 0 Å². The van der Waals surface area contributed by atoms with E-state index in [1.165, 1.54) is 5.57 Å². The lowest BCUT2D eigenvalue weighted by molar-refractivity contribution is -0.143. The maximum atomic E-state index is 11.1. The molecule has 2 N–H and O–H groups in total. The van der Waals surface area contributed by atoms with Gasteiger partial charge in [-0.15, -0.1) is 0 Å². The summed E-state index contributed by atoms with van der Waals surface area (Å²) in [4.78, 5) is 11.1. The van der Waals surface area contributed by atoms with E-state index in [9.17, 15) is 4.79 Å². The Morgan fingerprint density at radius 3 is 2.54 bits per heavy atom. The van der Waals surface area contributed by atoms with E-state index in [0.717, 1.165) is 0 Å². The first kappa shape index (κ1) is 12.2. The van der Waals surface area contributed by atoms with E-state index in [2.05, 4.69) is 0 Å². The third kappa shape index (κ3) is 6.34. The third-order valence-corrected chi connectivity index (χ3v) is 1.61. The van der Waals surface area contributed by atoms with Gasteiger partial charge in [0.2, 0.25) is 0 Å². The first-order chi connectivity index (χ1) is 6.10. The summed E-state index contributed by atoms with van der Waals surface area (Å²) >= 11 is 0. The van der Waals surface area contributed by atoms with Crippen LogP contribution in [0.1, 0.15) is 27.2 Å². The first-order valence-corrected chi connectivity index (χ1v) is 4.60. The molecule has 0 saturated heterocycles. The summed E-state index contributed by atoms with van der Waals surface area (Å²) in [6.45, 7) is 6.72. The van der Waals surface area contributed by atoms with Crippen molar-refractivity contribution in [3.8, 4) is 0 Å². The fourth-order valence-electron chi connectivity index (χ4n) is 1.12. The predicted molar refractivity (Wildman–Crippen MR) is 53.2 cm³/mol. The molecule has 13 heavy (non-hydrogen) atoms. The number of hydrogen-bond acceptors (Lipinski definition) is 3. The molecule has 0 fully saturated rings. The molecule has 0 spiro atoms. The number of carbonyl (C=O) groups is 1. The van der Waals surface area contributed by atoms with Crippen LogP contribution in [0.5, 0.6) is 0 Å². The Hall–Kier alpha value is -0.830. The van der Waals surface area contributed by atoms with E-state index in [-0.39, 0.29) is 11.9 Å². The Bertz CT molecular complexity index is 183. The average Bonchev–Trinajstić information content (AvgIpc) is 2.02. The quantitative estimate of drug-likeness (QED) is 0.521. The number of nitrogens with two attached hydrogens (primary N) is 1. The van der Waals surface area contributed by atoms with E-state index in [0.29, 0.717) is 19.6 Å². The van der Waals surface area contributed by atoms with Crippen LogP contribution in [0.4, 0.5) is 0 Å². The molecule has 0 amide bonds. The van der Waals surface area contributed by atoms with Gasteiger partial charge in [0.25, 0.3) is 0 Å². The average molecular weight is 185 g/mol. The smallest absolute Gasteiger partial charge is 0.306 e. The van der Waals surface area contributed by atoms with E-state index >= 15 is 0 Å². The molecule has 0 aliphatic heterocycles. The van der Waals surface area contributed by atoms with E-state index in [1.807, 2.05) is 19.9 Å². The number of carbonyl (C=O) groups excluding carboxylic acids is 1. The molecule has 0 aliphatic carbocycles. The fraction of sp³-hybridized carbons (Fsp3) is 0.700. The summed E-state index contributed by atoms with van der Waals surface area (Å²) in [7, 11) is 0. The van der Waals surface area contributed by atoms with Crippen LogP contribution < -0.4 is 5.73 Å². The van der Waals surface area contributed by atoms with Crippen molar-refractivity contribution in [2.75, 3.05) is 13.2 Å². The van der Waals surface area contributed by atoms with Crippen molar-refractivity contribution >= 4 is 5.97 Å². The lowest BCUT2D eigenvalue weighted by Crippen LogP contribution is -2.18. The number of rotatable bonds is 5. The lowest BCUT2D eigenvalue weighted by atomic mass is 10.0. The van der Waals surface area contributed by atoms with Crippen LogP contribution in [-0.2, 0) is 9.53 Å². The third-order valence-electron chi connectivity index (χ3n) is 1.61. The topological polar surface area (TPSA) is 52.3 Å². The SMILES string of the molecule is CCOC(=O)CC(C=C(C)C)CN. The summed E-state index contributed by atoms with van der Waals surface area (Å²) in [6, 6.07) is 0. The normalized spacial score (nSPS) is 12.0. The Morgan fingerprint density at radius 2 is 2.15 bits per heavy atom. The molecule has 0 aliphatic rings. The van der Waals surface area contributed by atoms with Crippen molar-refractivity contribution in [1.82, 2.24) is 0 Å². The highest BCUT2D eigenvalue weighted by atomic mass is 16.5. The van der Waals surface area contributed by atoms with Crippen LogP contribution in [0.2, 0.25) is 0 Å². The molecule has 76 valence electrons. The minimum atomic E-state index is -0.171. The summed E-state index contributed by atoms with van der Waals surface area (Å²) in [5, 5.41) is 0. The van der Waals surface area contributed by atoms with E-state index < -0.39 is 0 Å². The highest BCUT2D eigenvalue weighted by Gasteiger charge is 2.10. The summed E-state index contributed by atoms with van der Waals surface area (Å²) in [6.07, 6.45) is 2.40. The Kier molecular flexibility index (Phi) is 6.24. The number of esters is 1. The molecule has 0 bridgehead atoms. The molecule has 0 aromatic rings. The summed E-state index contributed by atoms with van der Waals surface area (Å²) in [5.74, 6) is -0.0560. The van der Waals surface area contributed by atoms with Gasteiger partial charge < -0.3 is 10.5 Å². The minimum absolute atomic E-state index is 0.115. The van der Waals surface area contributed by atoms with Crippen LogP contribution in [0.15, 0.2) is 11.6 Å². The van der Waals surface area contributed by atoms with Gasteiger partial charge in [-0.1, -0.05) is 11.6 Å². The van der Waals surface area contributed by atoms with Gasteiger partial charge in [-0.3, -0.25) is 4.79 Å². The first-order valence-electron chi connectivity index (χ1n) is 4.60. The van der Waals surface area contributed by atoms with Crippen LogP contribution in [0, 0.1) is 5.92 Å². The molecule has 1 unspecified atom stereocenters. The summed E-state index contributed by atoms with van der Waals surface area (Å²) < 4.78 is 4.83. The molecular formula is C10H19NO2. The van der Waals surface area contributed by atoms with Crippen molar-refractivity contribution in [3.63, 3.8) is 0 Å². The Morgan fingerprint density at radius 1 is 1.54 bits per heavy atom. The fourth-order valence-corrected chi connectivity index (χ4v) is 1.12. The van der Waals surface area contributed by atoms with Crippen molar-refractivity contribution < 1.29 is 9.53 Å². The van der Waals surface area contributed by atoms with Crippen LogP contribution in [0.25, 0.3) is 0 Å². The molecule has 1 atom stereocenters. The van der Waals surface area contributed by atoms with Crippen molar-refractivity contribution in [1.29, 1.82) is 0 Å². The standard InChI is InChI=1S/C10H19NO2/c1-4-13-10(12)6-9(7-11)5-8(2)3/h5,9H,4,6-7,11H2,1-3H3. The Balaban J connectivity index is 3.98. The molecule has 0 saturated carbocycles. The maximum Gasteiger partial charge on any atom is 0.306 e. The van der Waals surface area contributed by atoms with Crippen LogP contribution in [0.3, 0.4) is 0 Å². The van der Waals surface area contributed by atoms with Gasteiger partial charge in [0, 0.05) is 0 Å². The molecule has 3 heteroatoms. The molecule has 0 heterocycles. The molecule has 0 rings (SSSR count). The molecule has 0 aromatic carbocycles. The summed E-state index contributed by atoms with van der Waals surface area (Å²) in [5.41, 5.74) is 6.69. The molecule has 0 aromatic heterocycles. The van der Waals surface area contributed by atoms with E-state index in [4.69, 9.17) is 10.5 Å². The monoisotopic (exact) mass is 185 g/mol. The highest BCUT2D eigenvalue weighted by Crippen LogP contribution is 2.07. The molecule has 3 nitrogen and oxygen atoms in total. The molecule has 0 radical (unpaired) electrons. The van der Waals surface area contributed by atoms with Gasteiger partial charge in [0.05, 0.1) is 13.0 Å². The zero-order valence-electron chi connectivity index (χ0n) is 8.67. The second-order valence-electron chi connectivity index (χ2n) is 3.25. The van der Waals surface area contributed by atoms with Gasteiger partial charge in [0.1, 0.15) is 0 Å². The van der Waals surface area contributed by atoms with Gasteiger partial charge in [-0.25, -0.2) is 0 Å². The second-order valence-corrected chi connectivity index (χ2v) is 3.25. The van der Waals surface area contributed by atoms with Gasteiger partial charge in [-0.2, -0.15) is 0 Å². The van der Waals surface area contributed by atoms with Crippen molar-refractivity contribution in [3.05, 3.63) is 11.6 Å². The Labute approximate surface area is 79.9 Å². The highest BCUT2D eigenvalue weighted by molar-refractivity contribution is 5.69. The number of allylic oxidation sites excluding steroid dienone is 1. The lowest BCUT2D eigenvalue weighted by Gasteiger charge is -2.09. The molecular weight excluding hydrogens is 166 g/mol. The van der Waals surface area contributed by atoms with Crippen LogP contribution >= 0.6 is 0 Å². The van der Waals surface area contributed by atoms with Crippen LogP contribution in [-0.4, -0.2) is 19.1 Å². The zero-order valence-corrected chi connectivity index (χ0v) is 8.67. The largest absolute Gasteiger partial charge is 0.466 e. The van der Waals surface area contributed by atoms with Gasteiger partial charge in [-0.05, 0) is 33.2 Å². The second kappa shape index (κ2) is 6.66. The van der Waals surface area contributed by atoms with Gasteiger partial charge >= 0.3 is 5.97 Å². The number of ether oxygens (including phenoxy) is 1. The maximum absolute atomic E-state index is 11.1. The van der Waals surface area contributed by atoms with Crippen molar-refractivity contribution in [2.24, 2.45) is 11.7 Å². The number of hydrogen-bond donors (Lipinski definition) is 1.